The Labute approximate surface area is 117 Å². The molecule has 1 saturated heterocycles. The lowest BCUT2D eigenvalue weighted by molar-refractivity contribution is -0.138. The summed E-state index contributed by atoms with van der Waals surface area (Å²) in [6.45, 7) is 1.59. The number of aliphatic carboxylic acids is 1. The van der Waals surface area contributed by atoms with E-state index in [2.05, 4.69) is 10.3 Å². The van der Waals surface area contributed by atoms with Crippen LogP contribution in [-0.2, 0) is 11.3 Å². The van der Waals surface area contributed by atoms with Gasteiger partial charge in [0.05, 0.1) is 12.2 Å². The number of pyridine rings is 1. The van der Waals surface area contributed by atoms with Crippen molar-refractivity contribution in [3.63, 3.8) is 0 Å². The minimum Gasteiger partial charge on any atom is -0.481 e. The predicted octanol–water partition coefficient (Wildman–Crippen LogP) is 1.48. The van der Waals surface area contributed by atoms with E-state index >= 15 is 0 Å². The maximum absolute atomic E-state index is 12.0. The zero-order chi connectivity index (χ0) is 14.4. The number of amides is 2. The van der Waals surface area contributed by atoms with Gasteiger partial charge in [0.15, 0.2) is 0 Å². The van der Waals surface area contributed by atoms with E-state index in [4.69, 9.17) is 5.11 Å². The highest BCUT2D eigenvalue weighted by Gasteiger charge is 2.25. The van der Waals surface area contributed by atoms with Crippen LogP contribution in [0.25, 0.3) is 0 Å². The molecule has 0 spiro atoms. The lowest BCUT2D eigenvalue weighted by Gasteiger charge is -2.32. The molecule has 2 heterocycles. The Morgan fingerprint density at radius 1 is 1.45 bits per heavy atom. The number of nitrogens with zero attached hydrogens (tertiary/aromatic N) is 2. The van der Waals surface area contributed by atoms with E-state index < -0.39 is 5.97 Å². The van der Waals surface area contributed by atoms with E-state index in [1.54, 1.807) is 11.1 Å². The number of carboxylic acids is 1. The highest BCUT2D eigenvalue weighted by atomic mass is 16.4. The fourth-order valence-electron chi connectivity index (χ4n) is 2.44. The number of carboxylic acid groups (broad SMARTS) is 1. The van der Waals surface area contributed by atoms with Crippen molar-refractivity contribution >= 4 is 12.0 Å². The largest absolute Gasteiger partial charge is 0.481 e. The summed E-state index contributed by atoms with van der Waals surface area (Å²) in [4.78, 5) is 28.6. The third-order valence-electron chi connectivity index (χ3n) is 3.42. The van der Waals surface area contributed by atoms with Crippen molar-refractivity contribution in [3.8, 4) is 0 Å². The Bertz CT molecular complexity index is 464. The van der Waals surface area contributed by atoms with E-state index in [1.807, 2.05) is 18.2 Å². The topological polar surface area (TPSA) is 82.5 Å². The fraction of sp³-hybridized carbons (Fsp3) is 0.500. The normalized spacial score (nSPS) is 18.6. The molecule has 0 bridgehead atoms. The summed E-state index contributed by atoms with van der Waals surface area (Å²) in [6.07, 6.45) is 3.54. The molecule has 2 N–H and O–H groups in total. The van der Waals surface area contributed by atoms with Crippen molar-refractivity contribution in [3.05, 3.63) is 30.1 Å². The quantitative estimate of drug-likeness (QED) is 0.873. The minimum absolute atomic E-state index is 0.0573. The van der Waals surface area contributed by atoms with Gasteiger partial charge in [-0.25, -0.2) is 4.79 Å². The molecule has 6 nitrogen and oxygen atoms in total. The van der Waals surface area contributed by atoms with Gasteiger partial charge < -0.3 is 15.3 Å². The van der Waals surface area contributed by atoms with E-state index in [0.29, 0.717) is 19.6 Å². The van der Waals surface area contributed by atoms with Crippen molar-refractivity contribution in [2.24, 2.45) is 5.92 Å². The number of hydrogen-bond donors (Lipinski definition) is 2. The van der Waals surface area contributed by atoms with Gasteiger partial charge in [-0.15, -0.1) is 0 Å². The van der Waals surface area contributed by atoms with Gasteiger partial charge in [0.2, 0.25) is 0 Å². The van der Waals surface area contributed by atoms with Crippen LogP contribution in [-0.4, -0.2) is 40.1 Å². The Hall–Kier alpha value is -2.11. The van der Waals surface area contributed by atoms with Crippen molar-refractivity contribution in [2.75, 3.05) is 13.1 Å². The lowest BCUT2D eigenvalue weighted by Crippen LogP contribution is -2.45. The van der Waals surface area contributed by atoms with Crippen molar-refractivity contribution in [1.82, 2.24) is 15.2 Å². The molecule has 1 unspecified atom stereocenters. The first-order chi connectivity index (χ1) is 9.65. The summed E-state index contributed by atoms with van der Waals surface area (Å²) < 4.78 is 0. The Morgan fingerprint density at radius 3 is 3.00 bits per heavy atom. The lowest BCUT2D eigenvalue weighted by atomic mass is 9.95. The summed E-state index contributed by atoms with van der Waals surface area (Å²) >= 11 is 0. The standard InChI is InChI=1S/C14H19N3O3/c18-13(19)8-11-4-3-7-17(10-11)14(20)16-9-12-5-1-2-6-15-12/h1-2,5-6,11H,3-4,7-10H2,(H,16,20)(H,18,19). The second-order valence-corrected chi connectivity index (χ2v) is 5.03. The Kier molecular flexibility index (Phi) is 4.92. The first kappa shape index (κ1) is 14.3. The van der Waals surface area contributed by atoms with E-state index in [1.165, 1.54) is 0 Å². The molecule has 0 saturated carbocycles. The molecule has 0 radical (unpaired) electrons. The number of urea groups is 1. The van der Waals surface area contributed by atoms with Gasteiger partial charge in [-0.3, -0.25) is 9.78 Å². The van der Waals surface area contributed by atoms with Crippen molar-refractivity contribution in [1.29, 1.82) is 0 Å². The van der Waals surface area contributed by atoms with Crippen LogP contribution in [0.3, 0.4) is 0 Å². The van der Waals surface area contributed by atoms with Gasteiger partial charge in [0.25, 0.3) is 0 Å². The number of carbonyl (C=O) groups excluding carboxylic acids is 1. The molecule has 1 aliphatic rings. The number of nitrogens with one attached hydrogen (secondary N) is 1. The predicted molar refractivity (Wildman–Crippen MR) is 73.0 cm³/mol. The summed E-state index contributed by atoms with van der Waals surface area (Å²) in [5.41, 5.74) is 0.806. The number of carbonyl (C=O) groups is 2. The van der Waals surface area contributed by atoms with Crippen LogP contribution in [0, 0.1) is 5.92 Å². The molecule has 0 aromatic carbocycles. The number of aromatic nitrogens is 1. The third kappa shape index (κ3) is 4.22. The minimum atomic E-state index is -0.800. The highest BCUT2D eigenvalue weighted by molar-refractivity contribution is 5.74. The molecule has 1 atom stereocenters. The second-order valence-electron chi connectivity index (χ2n) is 5.03. The molecular weight excluding hydrogens is 258 g/mol. The average molecular weight is 277 g/mol. The van der Waals surface area contributed by atoms with Crippen LogP contribution in [0.4, 0.5) is 4.79 Å². The molecule has 2 amide bonds. The van der Waals surface area contributed by atoms with Gasteiger partial charge in [-0.05, 0) is 30.9 Å². The SMILES string of the molecule is O=C(O)CC1CCCN(C(=O)NCc2ccccn2)C1. The first-order valence-electron chi connectivity index (χ1n) is 6.79. The van der Waals surface area contributed by atoms with E-state index in [0.717, 1.165) is 18.5 Å². The summed E-state index contributed by atoms with van der Waals surface area (Å²) in [7, 11) is 0. The van der Waals surface area contributed by atoms with Crippen LogP contribution < -0.4 is 5.32 Å². The van der Waals surface area contributed by atoms with Crippen molar-refractivity contribution in [2.45, 2.75) is 25.8 Å². The molecule has 1 aliphatic heterocycles. The van der Waals surface area contributed by atoms with Crippen LogP contribution in [0.1, 0.15) is 25.0 Å². The van der Waals surface area contributed by atoms with Gasteiger partial charge >= 0.3 is 12.0 Å². The highest BCUT2D eigenvalue weighted by Crippen LogP contribution is 2.19. The summed E-state index contributed by atoms with van der Waals surface area (Å²) in [5, 5.41) is 11.6. The zero-order valence-corrected chi connectivity index (χ0v) is 11.3. The molecule has 0 aliphatic carbocycles. The molecule has 20 heavy (non-hydrogen) atoms. The number of rotatable bonds is 4. The smallest absolute Gasteiger partial charge is 0.317 e. The Balaban J connectivity index is 1.81. The van der Waals surface area contributed by atoms with E-state index in [9.17, 15) is 9.59 Å². The van der Waals surface area contributed by atoms with E-state index in [-0.39, 0.29) is 18.4 Å². The molecule has 2 rings (SSSR count). The fourth-order valence-corrected chi connectivity index (χ4v) is 2.44. The van der Waals surface area contributed by atoms with Crippen LogP contribution in [0.5, 0.6) is 0 Å². The first-order valence-corrected chi connectivity index (χ1v) is 6.79. The van der Waals surface area contributed by atoms with Crippen LogP contribution in [0.2, 0.25) is 0 Å². The maximum atomic E-state index is 12.0. The number of hydrogen-bond acceptors (Lipinski definition) is 3. The molecular formula is C14H19N3O3. The van der Waals surface area contributed by atoms with Gasteiger partial charge in [0.1, 0.15) is 0 Å². The molecule has 1 aromatic rings. The average Bonchev–Trinajstić information content (AvgIpc) is 2.45. The molecule has 108 valence electrons. The van der Waals surface area contributed by atoms with Gasteiger partial charge in [-0.1, -0.05) is 6.07 Å². The molecule has 1 aromatic heterocycles. The monoisotopic (exact) mass is 277 g/mol. The Morgan fingerprint density at radius 2 is 2.30 bits per heavy atom. The van der Waals surface area contributed by atoms with Crippen LogP contribution in [0.15, 0.2) is 24.4 Å². The second kappa shape index (κ2) is 6.88. The van der Waals surface area contributed by atoms with Crippen LogP contribution >= 0.6 is 0 Å². The van der Waals surface area contributed by atoms with Gasteiger partial charge in [0, 0.05) is 25.7 Å². The van der Waals surface area contributed by atoms with Crippen molar-refractivity contribution < 1.29 is 14.7 Å². The summed E-state index contributed by atoms with van der Waals surface area (Å²) in [5.74, 6) is -0.743. The third-order valence-corrected chi connectivity index (χ3v) is 3.42. The maximum Gasteiger partial charge on any atom is 0.317 e. The number of piperidine rings is 1. The zero-order valence-electron chi connectivity index (χ0n) is 11.3. The number of likely N-dealkylation sites (tertiary alicyclic amines) is 1. The molecule has 6 heteroatoms. The van der Waals surface area contributed by atoms with Gasteiger partial charge in [-0.2, -0.15) is 0 Å². The summed E-state index contributed by atoms with van der Waals surface area (Å²) in [6, 6.07) is 5.40. The molecule has 1 fully saturated rings.